The molecule has 1 aliphatic rings. The predicted molar refractivity (Wildman–Crippen MR) is 110 cm³/mol. The Morgan fingerprint density at radius 1 is 1.28 bits per heavy atom. The number of aryl methyl sites for hydroxylation is 1. The number of nitrogens with one attached hydrogen (secondary N) is 3. The molecule has 29 heavy (non-hydrogen) atoms. The molecule has 8 nitrogen and oxygen atoms in total. The smallest absolute Gasteiger partial charge is 0.242 e. The van der Waals surface area contributed by atoms with Crippen molar-refractivity contribution in [1.29, 1.82) is 0 Å². The third-order valence-corrected chi connectivity index (χ3v) is 4.87. The van der Waals surface area contributed by atoms with Crippen LogP contribution in [0.4, 0.5) is 5.82 Å². The number of nitrogens with two attached hydrogens (primary N) is 1. The van der Waals surface area contributed by atoms with E-state index in [1.54, 1.807) is 13.0 Å². The highest BCUT2D eigenvalue weighted by Crippen LogP contribution is 2.17. The summed E-state index contributed by atoms with van der Waals surface area (Å²) in [5.74, 6) is 0.749. The number of para-hydroxylation sites is 1. The fraction of sp³-hybridized carbons (Fsp3) is 0.381. The quantitative estimate of drug-likeness (QED) is 0.551. The Morgan fingerprint density at radius 3 is 2.76 bits per heavy atom. The second-order valence-corrected chi connectivity index (χ2v) is 7.18. The van der Waals surface area contributed by atoms with Gasteiger partial charge in [-0.1, -0.05) is 24.3 Å². The van der Waals surface area contributed by atoms with Crippen molar-refractivity contribution in [3.05, 3.63) is 53.7 Å². The zero-order chi connectivity index (χ0) is 20.8. The molecule has 1 aromatic heterocycles. The van der Waals surface area contributed by atoms with Crippen LogP contribution in [-0.2, 0) is 16.1 Å². The lowest BCUT2D eigenvalue weighted by molar-refractivity contribution is -0.129. The predicted octanol–water partition coefficient (Wildman–Crippen LogP) is 0.903. The number of pyridine rings is 1. The van der Waals surface area contributed by atoms with E-state index in [4.69, 9.17) is 10.5 Å². The first-order chi connectivity index (χ1) is 13.9. The standard InChI is InChI=1S/C21H27N5O3/c1-13-15(8-9-19(22)25-13)11-24-20(27)14(2)26-21(28)18-10-17(12-23-18)29-16-6-4-3-5-7-16/h3-9,14,17-18,23H,10-12H2,1-2H3,(H2,22,25)(H,24,27)(H,26,28)/t14-,17-,18+/m0/s1. The Balaban J connectivity index is 1.44. The molecule has 2 heterocycles. The van der Waals surface area contributed by atoms with Gasteiger partial charge in [0, 0.05) is 25.2 Å². The van der Waals surface area contributed by atoms with Crippen LogP contribution < -0.4 is 26.4 Å². The number of hydrogen-bond donors (Lipinski definition) is 4. The van der Waals surface area contributed by atoms with E-state index in [1.165, 1.54) is 0 Å². The number of amides is 2. The van der Waals surface area contributed by atoms with Crippen LogP contribution in [0.25, 0.3) is 0 Å². The Hall–Kier alpha value is -3.13. The van der Waals surface area contributed by atoms with E-state index in [1.807, 2.05) is 43.3 Å². The van der Waals surface area contributed by atoms with Crippen LogP contribution in [0.1, 0.15) is 24.6 Å². The molecule has 2 amide bonds. The molecule has 5 N–H and O–H groups in total. The van der Waals surface area contributed by atoms with Gasteiger partial charge in [0.1, 0.15) is 23.7 Å². The molecule has 0 bridgehead atoms. The first-order valence-electron chi connectivity index (χ1n) is 9.67. The van der Waals surface area contributed by atoms with Gasteiger partial charge in [-0.2, -0.15) is 0 Å². The van der Waals surface area contributed by atoms with Gasteiger partial charge in [0.15, 0.2) is 0 Å². The van der Waals surface area contributed by atoms with Crippen molar-refractivity contribution in [3.63, 3.8) is 0 Å². The number of carbonyl (C=O) groups excluding carboxylic acids is 2. The number of benzene rings is 1. The van der Waals surface area contributed by atoms with Gasteiger partial charge in [-0.25, -0.2) is 4.98 Å². The highest BCUT2D eigenvalue weighted by molar-refractivity contribution is 5.89. The number of rotatable bonds is 7. The third kappa shape index (κ3) is 5.68. The molecule has 0 aliphatic carbocycles. The van der Waals surface area contributed by atoms with Gasteiger partial charge in [-0.05, 0) is 37.6 Å². The van der Waals surface area contributed by atoms with Gasteiger partial charge < -0.3 is 26.4 Å². The van der Waals surface area contributed by atoms with E-state index < -0.39 is 6.04 Å². The molecule has 8 heteroatoms. The van der Waals surface area contributed by atoms with Crippen LogP contribution in [0, 0.1) is 6.92 Å². The maximum atomic E-state index is 12.5. The molecular weight excluding hydrogens is 370 g/mol. The Kier molecular flexibility index (Phi) is 6.66. The first-order valence-corrected chi connectivity index (χ1v) is 9.67. The molecule has 0 spiro atoms. The number of nitrogens with zero attached hydrogens (tertiary/aromatic N) is 1. The molecule has 154 valence electrons. The molecule has 0 radical (unpaired) electrons. The highest BCUT2D eigenvalue weighted by atomic mass is 16.5. The van der Waals surface area contributed by atoms with Crippen molar-refractivity contribution in [1.82, 2.24) is 20.9 Å². The van der Waals surface area contributed by atoms with Crippen LogP contribution in [0.15, 0.2) is 42.5 Å². The zero-order valence-corrected chi connectivity index (χ0v) is 16.6. The average molecular weight is 397 g/mol. The number of nitrogen functional groups attached to an aromatic ring is 1. The molecule has 1 aromatic carbocycles. The lowest BCUT2D eigenvalue weighted by Crippen LogP contribution is -2.50. The molecule has 3 rings (SSSR count). The summed E-state index contributed by atoms with van der Waals surface area (Å²) < 4.78 is 5.88. The summed E-state index contributed by atoms with van der Waals surface area (Å²) in [4.78, 5) is 29.0. The average Bonchev–Trinajstić information content (AvgIpc) is 3.16. The summed E-state index contributed by atoms with van der Waals surface area (Å²) in [7, 11) is 0. The van der Waals surface area contributed by atoms with E-state index in [2.05, 4.69) is 20.9 Å². The van der Waals surface area contributed by atoms with Crippen molar-refractivity contribution in [3.8, 4) is 5.75 Å². The van der Waals surface area contributed by atoms with E-state index in [0.29, 0.717) is 25.3 Å². The van der Waals surface area contributed by atoms with Crippen molar-refractivity contribution in [2.45, 2.75) is 45.0 Å². The number of carbonyl (C=O) groups is 2. The van der Waals surface area contributed by atoms with Gasteiger partial charge in [0.2, 0.25) is 11.8 Å². The second kappa shape index (κ2) is 9.38. The fourth-order valence-electron chi connectivity index (χ4n) is 3.20. The second-order valence-electron chi connectivity index (χ2n) is 7.18. The highest BCUT2D eigenvalue weighted by Gasteiger charge is 2.32. The van der Waals surface area contributed by atoms with Crippen LogP contribution in [0.5, 0.6) is 5.75 Å². The topological polar surface area (TPSA) is 118 Å². The van der Waals surface area contributed by atoms with Crippen LogP contribution in [0.3, 0.4) is 0 Å². The summed E-state index contributed by atoms with van der Waals surface area (Å²) in [6, 6.07) is 12.0. The Labute approximate surface area is 170 Å². The minimum absolute atomic E-state index is 0.0849. The molecular formula is C21H27N5O3. The third-order valence-electron chi connectivity index (χ3n) is 4.87. The van der Waals surface area contributed by atoms with E-state index >= 15 is 0 Å². The first kappa shape index (κ1) is 20.6. The normalized spacial score (nSPS) is 19.4. The summed E-state index contributed by atoms with van der Waals surface area (Å²) in [6.45, 7) is 4.40. The SMILES string of the molecule is Cc1nc(N)ccc1CNC(=O)[C@H](C)NC(=O)[C@H]1C[C@H](Oc2ccccc2)CN1. The van der Waals surface area contributed by atoms with E-state index in [0.717, 1.165) is 17.0 Å². The molecule has 2 aromatic rings. The Bertz CT molecular complexity index is 859. The van der Waals surface area contributed by atoms with Crippen molar-refractivity contribution >= 4 is 17.6 Å². The van der Waals surface area contributed by atoms with Gasteiger partial charge in [0.25, 0.3) is 0 Å². The largest absolute Gasteiger partial charge is 0.489 e. The zero-order valence-electron chi connectivity index (χ0n) is 16.6. The molecule has 0 saturated carbocycles. The van der Waals surface area contributed by atoms with Crippen LogP contribution >= 0.6 is 0 Å². The number of aromatic nitrogens is 1. The molecule has 1 aliphatic heterocycles. The van der Waals surface area contributed by atoms with Crippen LogP contribution in [0.2, 0.25) is 0 Å². The van der Waals surface area contributed by atoms with Crippen molar-refractivity contribution in [2.24, 2.45) is 0 Å². The minimum Gasteiger partial charge on any atom is -0.489 e. The maximum absolute atomic E-state index is 12.5. The van der Waals surface area contributed by atoms with E-state index in [9.17, 15) is 9.59 Å². The van der Waals surface area contributed by atoms with Crippen molar-refractivity contribution in [2.75, 3.05) is 12.3 Å². The lowest BCUT2D eigenvalue weighted by Gasteiger charge is -2.17. The minimum atomic E-state index is -0.652. The van der Waals surface area contributed by atoms with Gasteiger partial charge in [0.05, 0.1) is 6.04 Å². The monoisotopic (exact) mass is 397 g/mol. The lowest BCUT2D eigenvalue weighted by atomic mass is 10.1. The number of hydrogen-bond acceptors (Lipinski definition) is 6. The molecule has 0 unspecified atom stereocenters. The van der Waals surface area contributed by atoms with Gasteiger partial charge in [-0.15, -0.1) is 0 Å². The summed E-state index contributed by atoms with van der Waals surface area (Å²) in [5, 5.41) is 8.73. The number of anilines is 1. The molecule has 1 saturated heterocycles. The molecule has 3 atom stereocenters. The van der Waals surface area contributed by atoms with E-state index in [-0.39, 0.29) is 24.0 Å². The maximum Gasteiger partial charge on any atom is 0.242 e. The summed E-state index contributed by atoms with van der Waals surface area (Å²) >= 11 is 0. The van der Waals surface area contributed by atoms with Gasteiger partial charge >= 0.3 is 0 Å². The van der Waals surface area contributed by atoms with Crippen molar-refractivity contribution < 1.29 is 14.3 Å². The number of ether oxygens (including phenoxy) is 1. The van der Waals surface area contributed by atoms with Crippen LogP contribution in [-0.4, -0.2) is 41.5 Å². The summed E-state index contributed by atoms with van der Waals surface area (Å²) in [5.41, 5.74) is 7.28. The van der Waals surface area contributed by atoms with Gasteiger partial charge in [-0.3, -0.25) is 9.59 Å². The fourth-order valence-corrected chi connectivity index (χ4v) is 3.20. The molecule has 1 fully saturated rings. The Morgan fingerprint density at radius 2 is 2.03 bits per heavy atom. The summed E-state index contributed by atoms with van der Waals surface area (Å²) in [6.07, 6.45) is 0.462.